The smallest absolute Gasteiger partial charge is 0.00672 e. The molecule has 84 valence electrons. The maximum Gasteiger partial charge on any atom is 0.00672 e. The van der Waals surface area contributed by atoms with E-state index >= 15 is 0 Å². The Morgan fingerprint density at radius 1 is 1.14 bits per heavy atom. The van der Waals surface area contributed by atoms with Crippen LogP contribution < -0.4 is 5.73 Å². The first-order valence-corrected chi connectivity index (χ1v) is 6.12. The Kier molecular flexibility index (Phi) is 9.06. The van der Waals surface area contributed by atoms with Gasteiger partial charge in [0.1, 0.15) is 0 Å². The van der Waals surface area contributed by atoms with Crippen LogP contribution in [0.2, 0.25) is 0 Å². The van der Waals surface area contributed by atoms with Crippen molar-refractivity contribution in [2.45, 2.75) is 64.8 Å². The average Bonchev–Trinajstić information content (AvgIpc) is 2.18. The Labute approximate surface area is 89.8 Å². The Balaban J connectivity index is 3.74. The fourth-order valence-electron chi connectivity index (χ4n) is 2.05. The molecule has 0 bridgehead atoms. The summed E-state index contributed by atoms with van der Waals surface area (Å²) in [7, 11) is 0. The molecule has 0 radical (unpaired) electrons. The van der Waals surface area contributed by atoms with E-state index in [1.54, 1.807) is 0 Å². The number of hydrogen-bond donors (Lipinski definition) is 1. The first-order valence-electron chi connectivity index (χ1n) is 6.12. The van der Waals surface area contributed by atoms with E-state index in [4.69, 9.17) is 5.73 Å². The lowest BCUT2D eigenvalue weighted by atomic mass is 9.88. The zero-order chi connectivity index (χ0) is 10.8. The first-order chi connectivity index (χ1) is 6.76. The van der Waals surface area contributed by atoms with E-state index in [9.17, 15) is 0 Å². The summed E-state index contributed by atoms with van der Waals surface area (Å²) < 4.78 is 0. The molecule has 1 atom stereocenters. The van der Waals surface area contributed by atoms with Crippen LogP contribution in [0.4, 0.5) is 0 Å². The van der Waals surface area contributed by atoms with Crippen LogP contribution in [0.25, 0.3) is 0 Å². The van der Waals surface area contributed by atoms with Crippen LogP contribution in [0.5, 0.6) is 0 Å². The average molecular weight is 197 g/mol. The third-order valence-electron chi connectivity index (χ3n) is 2.87. The van der Waals surface area contributed by atoms with E-state index in [1.807, 2.05) is 6.08 Å². The molecule has 1 heteroatoms. The summed E-state index contributed by atoms with van der Waals surface area (Å²) in [5.41, 5.74) is 6.20. The standard InChI is InChI=1S/C13H27N/c1-4-7-8-11-13(14)12(9-5-2)10-6-3/h4,12-13H,1,5-11,14H2,2-3H3. The molecule has 0 heterocycles. The van der Waals surface area contributed by atoms with Crippen LogP contribution in [0.15, 0.2) is 12.7 Å². The third-order valence-corrected chi connectivity index (χ3v) is 2.87. The van der Waals surface area contributed by atoms with Crippen molar-refractivity contribution in [1.82, 2.24) is 0 Å². The molecule has 0 aliphatic heterocycles. The summed E-state index contributed by atoms with van der Waals surface area (Å²) >= 11 is 0. The Hall–Kier alpha value is -0.300. The Morgan fingerprint density at radius 2 is 1.71 bits per heavy atom. The lowest BCUT2D eigenvalue weighted by Gasteiger charge is -2.22. The largest absolute Gasteiger partial charge is 0.327 e. The van der Waals surface area contributed by atoms with E-state index in [0.717, 1.165) is 18.8 Å². The topological polar surface area (TPSA) is 26.0 Å². The fraction of sp³-hybridized carbons (Fsp3) is 0.846. The van der Waals surface area contributed by atoms with Crippen LogP contribution in [0.3, 0.4) is 0 Å². The minimum atomic E-state index is 0.412. The molecule has 0 saturated carbocycles. The minimum Gasteiger partial charge on any atom is -0.327 e. The van der Waals surface area contributed by atoms with E-state index < -0.39 is 0 Å². The molecule has 0 rings (SSSR count). The van der Waals surface area contributed by atoms with Gasteiger partial charge in [0.25, 0.3) is 0 Å². The lowest BCUT2D eigenvalue weighted by molar-refractivity contribution is 0.343. The fourth-order valence-corrected chi connectivity index (χ4v) is 2.05. The van der Waals surface area contributed by atoms with Crippen molar-refractivity contribution < 1.29 is 0 Å². The van der Waals surface area contributed by atoms with Crippen LogP contribution >= 0.6 is 0 Å². The SMILES string of the molecule is C=CCCCC(N)C(CCC)CCC. The molecule has 0 aromatic heterocycles. The maximum absolute atomic E-state index is 6.20. The number of nitrogens with two attached hydrogens (primary N) is 1. The van der Waals surface area contributed by atoms with Crippen molar-refractivity contribution in [2.75, 3.05) is 0 Å². The van der Waals surface area contributed by atoms with Gasteiger partial charge < -0.3 is 5.73 Å². The highest BCUT2D eigenvalue weighted by atomic mass is 14.6. The monoisotopic (exact) mass is 197 g/mol. The van der Waals surface area contributed by atoms with Crippen LogP contribution in [-0.2, 0) is 0 Å². The molecular formula is C13H27N. The zero-order valence-corrected chi connectivity index (χ0v) is 9.97. The first kappa shape index (κ1) is 13.7. The molecule has 1 unspecified atom stereocenters. The maximum atomic E-state index is 6.20. The van der Waals surface area contributed by atoms with Crippen LogP contribution in [0, 0.1) is 5.92 Å². The molecule has 0 fully saturated rings. The third kappa shape index (κ3) is 6.20. The highest BCUT2D eigenvalue weighted by Crippen LogP contribution is 2.19. The van der Waals surface area contributed by atoms with E-state index in [2.05, 4.69) is 20.4 Å². The second-order valence-electron chi connectivity index (χ2n) is 4.22. The zero-order valence-electron chi connectivity index (χ0n) is 9.97. The number of rotatable bonds is 9. The van der Waals surface area contributed by atoms with Gasteiger partial charge in [-0.05, 0) is 38.0 Å². The predicted molar refractivity (Wildman–Crippen MR) is 65.3 cm³/mol. The van der Waals surface area contributed by atoms with Crippen molar-refractivity contribution >= 4 is 0 Å². The molecule has 0 aliphatic rings. The van der Waals surface area contributed by atoms with E-state index in [-0.39, 0.29) is 0 Å². The minimum absolute atomic E-state index is 0.412. The lowest BCUT2D eigenvalue weighted by Crippen LogP contribution is -2.29. The summed E-state index contributed by atoms with van der Waals surface area (Å²) in [6.07, 6.45) is 10.6. The second-order valence-corrected chi connectivity index (χ2v) is 4.22. The van der Waals surface area contributed by atoms with Gasteiger partial charge in [-0.3, -0.25) is 0 Å². The quantitative estimate of drug-likeness (QED) is 0.440. The van der Waals surface area contributed by atoms with Gasteiger partial charge in [0.15, 0.2) is 0 Å². The van der Waals surface area contributed by atoms with E-state index in [0.29, 0.717) is 6.04 Å². The summed E-state index contributed by atoms with van der Waals surface area (Å²) in [6, 6.07) is 0.412. The van der Waals surface area contributed by atoms with Crippen molar-refractivity contribution in [1.29, 1.82) is 0 Å². The molecule has 0 aromatic carbocycles. The van der Waals surface area contributed by atoms with Crippen molar-refractivity contribution in [2.24, 2.45) is 11.7 Å². The van der Waals surface area contributed by atoms with Gasteiger partial charge in [0, 0.05) is 6.04 Å². The number of allylic oxidation sites excluding steroid dienone is 1. The predicted octanol–water partition coefficient (Wildman–Crippen LogP) is 3.89. The molecule has 0 aromatic rings. The molecule has 0 saturated heterocycles. The Morgan fingerprint density at radius 3 is 2.14 bits per heavy atom. The second kappa shape index (κ2) is 9.26. The van der Waals surface area contributed by atoms with Gasteiger partial charge in [-0.1, -0.05) is 32.8 Å². The molecule has 0 amide bonds. The van der Waals surface area contributed by atoms with Crippen molar-refractivity contribution in [3.63, 3.8) is 0 Å². The van der Waals surface area contributed by atoms with E-state index in [1.165, 1.54) is 32.1 Å². The highest BCUT2D eigenvalue weighted by molar-refractivity contribution is 4.75. The van der Waals surface area contributed by atoms with Crippen molar-refractivity contribution in [3.05, 3.63) is 12.7 Å². The normalized spacial score (nSPS) is 13.1. The molecule has 0 spiro atoms. The van der Waals surface area contributed by atoms with Gasteiger partial charge in [-0.25, -0.2) is 0 Å². The van der Waals surface area contributed by atoms with Gasteiger partial charge in [-0.15, -0.1) is 6.58 Å². The van der Waals surface area contributed by atoms with Gasteiger partial charge in [0.05, 0.1) is 0 Å². The number of hydrogen-bond acceptors (Lipinski definition) is 1. The Bertz CT molecular complexity index is 125. The molecule has 1 nitrogen and oxygen atoms in total. The van der Waals surface area contributed by atoms with Crippen molar-refractivity contribution in [3.8, 4) is 0 Å². The summed E-state index contributed by atoms with van der Waals surface area (Å²) in [5, 5.41) is 0. The molecule has 2 N–H and O–H groups in total. The molecule has 0 aliphatic carbocycles. The summed E-state index contributed by atoms with van der Waals surface area (Å²) in [5.74, 6) is 0.745. The summed E-state index contributed by atoms with van der Waals surface area (Å²) in [4.78, 5) is 0. The van der Waals surface area contributed by atoms with Gasteiger partial charge in [-0.2, -0.15) is 0 Å². The van der Waals surface area contributed by atoms with Gasteiger partial charge >= 0.3 is 0 Å². The van der Waals surface area contributed by atoms with Crippen LogP contribution in [-0.4, -0.2) is 6.04 Å². The summed E-state index contributed by atoms with van der Waals surface area (Å²) in [6.45, 7) is 8.23. The van der Waals surface area contributed by atoms with Gasteiger partial charge in [0.2, 0.25) is 0 Å². The molecule has 14 heavy (non-hydrogen) atoms. The highest BCUT2D eigenvalue weighted by Gasteiger charge is 2.15. The van der Waals surface area contributed by atoms with Crippen LogP contribution in [0.1, 0.15) is 58.8 Å². The molecular weight excluding hydrogens is 170 g/mol. The number of unbranched alkanes of at least 4 members (excludes halogenated alkanes) is 1.